The monoisotopic (exact) mass is 191 g/mol. The Hall–Kier alpha value is -2.31. The van der Waals surface area contributed by atoms with Gasteiger partial charge in [-0.25, -0.2) is 14.5 Å². The van der Waals surface area contributed by atoms with Gasteiger partial charge in [0.05, 0.1) is 0 Å². The quantitative estimate of drug-likeness (QED) is 0.703. The van der Waals surface area contributed by atoms with E-state index in [-0.39, 0.29) is 5.69 Å². The van der Waals surface area contributed by atoms with E-state index in [2.05, 4.69) is 20.3 Å². The van der Waals surface area contributed by atoms with E-state index in [1.807, 2.05) is 0 Å². The summed E-state index contributed by atoms with van der Waals surface area (Å²) in [7, 11) is 0. The SMILES string of the molecule is O=C(O)c1ccc(-n2cncn2)nn1. The van der Waals surface area contributed by atoms with Crippen LogP contribution >= 0.6 is 0 Å². The first-order valence-corrected chi connectivity index (χ1v) is 3.69. The van der Waals surface area contributed by atoms with Crippen LogP contribution in [0, 0.1) is 0 Å². The van der Waals surface area contributed by atoms with E-state index >= 15 is 0 Å². The minimum atomic E-state index is -1.11. The molecule has 70 valence electrons. The number of hydrogen-bond donors (Lipinski definition) is 1. The summed E-state index contributed by atoms with van der Waals surface area (Å²) in [6, 6.07) is 2.86. The molecule has 0 spiro atoms. The Morgan fingerprint density at radius 1 is 1.36 bits per heavy atom. The van der Waals surface area contributed by atoms with Crippen molar-refractivity contribution in [2.24, 2.45) is 0 Å². The van der Waals surface area contributed by atoms with Crippen molar-refractivity contribution in [1.29, 1.82) is 0 Å². The third-order valence-corrected chi connectivity index (χ3v) is 1.52. The molecule has 0 saturated heterocycles. The summed E-state index contributed by atoms with van der Waals surface area (Å²) < 4.78 is 1.39. The van der Waals surface area contributed by atoms with Crippen molar-refractivity contribution in [2.75, 3.05) is 0 Å². The van der Waals surface area contributed by atoms with Gasteiger partial charge in [-0.3, -0.25) is 0 Å². The lowest BCUT2D eigenvalue weighted by Crippen LogP contribution is -2.05. The van der Waals surface area contributed by atoms with Gasteiger partial charge in [0.25, 0.3) is 0 Å². The van der Waals surface area contributed by atoms with Gasteiger partial charge in [-0.1, -0.05) is 0 Å². The lowest BCUT2D eigenvalue weighted by molar-refractivity contribution is 0.0689. The molecule has 14 heavy (non-hydrogen) atoms. The van der Waals surface area contributed by atoms with Gasteiger partial charge in [0.15, 0.2) is 11.5 Å². The van der Waals surface area contributed by atoms with Gasteiger partial charge in [-0.2, -0.15) is 5.10 Å². The molecule has 7 heteroatoms. The van der Waals surface area contributed by atoms with Crippen LogP contribution in [0.25, 0.3) is 5.82 Å². The van der Waals surface area contributed by atoms with E-state index in [1.54, 1.807) is 0 Å². The summed E-state index contributed by atoms with van der Waals surface area (Å²) >= 11 is 0. The molecule has 2 aromatic heterocycles. The van der Waals surface area contributed by atoms with Gasteiger partial charge in [0, 0.05) is 0 Å². The average Bonchev–Trinajstić information content (AvgIpc) is 2.71. The molecule has 0 bridgehead atoms. The van der Waals surface area contributed by atoms with Crippen LogP contribution in [-0.4, -0.2) is 36.0 Å². The second-order valence-corrected chi connectivity index (χ2v) is 2.42. The first-order chi connectivity index (χ1) is 6.77. The van der Waals surface area contributed by atoms with Crippen molar-refractivity contribution < 1.29 is 9.90 Å². The molecule has 7 nitrogen and oxygen atoms in total. The Balaban J connectivity index is 2.36. The molecule has 2 aromatic rings. The molecule has 2 rings (SSSR count). The van der Waals surface area contributed by atoms with Crippen LogP contribution in [-0.2, 0) is 0 Å². The highest BCUT2D eigenvalue weighted by Crippen LogP contribution is 2.00. The predicted octanol–water partition coefficient (Wildman–Crippen LogP) is -0.245. The lowest BCUT2D eigenvalue weighted by Gasteiger charge is -1.97. The summed E-state index contributed by atoms with van der Waals surface area (Å²) in [6.07, 6.45) is 2.80. The number of nitrogens with zero attached hydrogens (tertiary/aromatic N) is 5. The first kappa shape index (κ1) is 8.30. The number of carboxylic acid groups (broad SMARTS) is 1. The summed E-state index contributed by atoms with van der Waals surface area (Å²) in [5.74, 6) is -0.685. The number of carboxylic acids is 1. The Kier molecular flexibility index (Phi) is 1.90. The topological polar surface area (TPSA) is 93.8 Å². The van der Waals surface area contributed by atoms with Crippen LogP contribution in [0.4, 0.5) is 0 Å². The highest BCUT2D eigenvalue weighted by molar-refractivity contribution is 5.85. The van der Waals surface area contributed by atoms with Crippen LogP contribution in [0.2, 0.25) is 0 Å². The van der Waals surface area contributed by atoms with Crippen LogP contribution < -0.4 is 0 Å². The minimum Gasteiger partial charge on any atom is -0.476 e. The Labute approximate surface area is 78.0 Å². The minimum absolute atomic E-state index is 0.103. The molecule has 0 radical (unpaired) electrons. The molecule has 0 aliphatic heterocycles. The van der Waals surface area contributed by atoms with Gasteiger partial charge < -0.3 is 5.11 Å². The van der Waals surface area contributed by atoms with Crippen LogP contribution in [0.1, 0.15) is 10.5 Å². The number of hydrogen-bond acceptors (Lipinski definition) is 5. The maximum Gasteiger partial charge on any atom is 0.356 e. The number of rotatable bonds is 2. The van der Waals surface area contributed by atoms with E-state index in [4.69, 9.17) is 5.11 Å². The number of aromatic nitrogens is 5. The van der Waals surface area contributed by atoms with E-state index in [0.717, 1.165) is 0 Å². The maximum absolute atomic E-state index is 10.5. The van der Waals surface area contributed by atoms with E-state index < -0.39 is 5.97 Å². The zero-order chi connectivity index (χ0) is 9.97. The first-order valence-electron chi connectivity index (χ1n) is 3.69. The summed E-state index contributed by atoms with van der Waals surface area (Å²) in [5, 5.41) is 19.6. The zero-order valence-electron chi connectivity index (χ0n) is 6.90. The smallest absolute Gasteiger partial charge is 0.356 e. The fraction of sp³-hybridized carbons (Fsp3) is 0. The third-order valence-electron chi connectivity index (χ3n) is 1.52. The van der Waals surface area contributed by atoms with Crippen LogP contribution in [0.3, 0.4) is 0 Å². The van der Waals surface area contributed by atoms with E-state index in [1.165, 1.54) is 29.5 Å². The van der Waals surface area contributed by atoms with E-state index in [9.17, 15) is 4.79 Å². The molecular formula is C7H5N5O2. The summed E-state index contributed by atoms with van der Waals surface area (Å²) in [5.41, 5.74) is -0.103. The summed E-state index contributed by atoms with van der Waals surface area (Å²) in [6.45, 7) is 0. The predicted molar refractivity (Wildman–Crippen MR) is 43.9 cm³/mol. The van der Waals surface area contributed by atoms with Crippen molar-refractivity contribution in [3.63, 3.8) is 0 Å². The molecule has 0 aliphatic rings. The second kappa shape index (κ2) is 3.21. The molecule has 2 heterocycles. The molecule has 0 fully saturated rings. The standard InChI is InChI=1S/C7H5N5O2/c13-7(14)5-1-2-6(11-10-5)12-4-8-3-9-12/h1-4H,(H,13,14). The fourth-order valence-corrected chi connectivity index (χ4v) is 0.888. The molecule has 0 atom stereocenters. The highest BCUT2D eigenvalue weighted by atomic mass is 16.4. The van der Waals surface area contributed by atoms with Crippen molar-refractivity contribution >= 4 is 5.97 Å². The van der Waals surface area contributed by atoms with Crippen molar-refractivity contribution in [2.45, 2.75) is 0 Å². The molecular weight excluding hydrogens is 186 g/mol. The Bertz CT molecular complexity index is 436. The van der Waals surface area contributed by atoms with Crippen LogP contribution in [0.5, 0.6) is 0 Å². The number of aromatic carboxylic acids is 1. The third kappa shape index (κ3) is 1.42. The van der Waals surface area contributed by atoms with Crippen molar-refractivity contribution in [3.05, 3.63) is 30.5 Å². The lowest BCUT2D eigenvalue weighted by atomic mass is 10.4. The van der Waals surface area contributed by atoms with Crippen molar-refractivity contribution in [3.8, 4) is 5.82 Å². The van der Waals surface area contributed by atoms with Gasteiger partial charge in [0.2, 0.25) is 0 Å². The van der Waals surface area contributed by atoms with E-state index in [0.29, 0.717) is 5.82 Å². The van der Waals surface area contributed by atoms with Gasteiger partial charge in [0.1, 0.15) is 12.7 Å². The maximum atomic E-state index is 10.5. The molecule has 1 N–H and O–H groups in total. The molecule has 0 aliphatic carbocycles. The normalized spacial score (nSPS) is 10.0. The van der Waals surface area contributed by atoms with Crippen LogP contribution in [0.15, 0.2) is 24.8 Å². The van der Waals surface area contributed by atoms with Crippen molar-refractivity contribution in [1.82, 2.24) is 25.0 Å². The average molecular weight is 191 g/mol. The molecule has 0 saturated carbocycles. The molecule has 0 unspecified atom stereocenters. The van der Waals surface area contributed by atoms with Gasteiger partial charge in [-0.15, -0.1) is 10.2 Å². The fourth-order valence-electron chi connectivity index (χ4n) is 0.888. The Morgan fingerprint density at radius 3 is 2.71 bits per heavy atom. The zero-order valence-corrected chi connectivity index (χ0v) is 6.90. The molecule has 0 amide bonds. The highest BCUT2D eigenvalue weighted by Gasteiger charge is 2.05. The Morgan fingerprint density at radius 2 is 2.21 bits per heavy atom. The van der Waals surface area contributed by atoms with Gasteiger partial charge >= 0.3 is 5.97 Å². The number of carbonyl (C=O) groups is 1. The van der Waals surface area contributed by atoms with Gasteiger partial charge in [-0.05, 0) is 12.1 Å². The molecule has 0 aromatic carbocycles. The summed E-state index contributed by atoms with van der Waals surface area (Å²) in [4.78, 5) is 14.2. The largest absolute Gasteiger partial charge is 0.476 e. The second-order valence-electron chi connectivity index (χ2n) is 2.42.